The molecule has 1 aromatic rings. The summed E-state index contributed by atoms with van der Waals surface area (Å²) in [6, 6.07) is 4.52. The molecule has 0 aliphatic carbocycles. The van der Waals surface area contributed by atoms with Gasteiger partial charge in [0.1, 0.15) is 0 Å². The van der Waals surface area contributed by atoms with E-state index in [1.165, 1.54) is 0 Å². The first-order valence-electron chi connectivity index (χ1n) is 10.5. The molecule has 0 spiro atoms. The third kappa shape index (κ3) is 3.91. The van der Waals surface area contributed by atoms with Crippen LogP contribution in [0.15, 0.2) is 24.5 Å². The quantitative estimate of drug-likeness (QED) is 0.820. The van der Waals surface area contributed by atoms with Gasteiger partial charge in [-0.25, -0.2) is 0 Å². The lowest BCUT2D eigenvalue weighted by Crippen LogP contribution is -2.47. The van der Waals surface area contributed by atoms with Crippen molar-refractivity contribution in [2.45, 2.75) is 57.7 Å². The molecule has 4 saturated heterocycles. The maximum absolute atomic E-state index is 13.0. The second-order valence-corrected chi connectivity index (χ2v) is 8.66. The number of hydrogen-bond acceptors (Lipinski definition) is 5. The molecule has 0 aromatic carbocycles. The van der Waals surface area contributed by atoms with Gasteiger partial charge in [0.05, 0.1) is 5.56 Å². The van der Waals surface area contributed by atoms with Gasteiger partial charge in [0, 0.05) is 56.6 Å². The van der Waals surface area contributed by atoms with E-state index >= 15 is 0 Å². The van der Waals surface area contributed by atoms with Gasteiger partial charge in [-0.3, -0.25) is 25.4 Å². The van der Waals surface area contributed by atoms with Gasteiger partial charge in [-0.15, -0.1) is 0 Å². The summed E-state index contributed by atoms with van der Waals surface area (Å²) < 4.78 is 0. The molecule has 4 aliphatic heterocycles. The molecule has 152 valence electrons. The number of hydrazine groups is 1. The van der Waals surface area contributed by atoms with Crippen molar-refractivity contribution in [3.8, 4) is 0 Å². The summed E-state index contributed by atoms with van der Waals surface area (Å²) in [5.74, 6) is 1.12. The summed E-state index contributed by atoms with van der Waals surface area (Å²) in [6.45, 7) is 6.49. The molecule has 5 rings (SSSR count). The molecule has 2 amide bonds. The van der Waals surface area contributed by atoms with Crippen LogP contribution in [0, 0.1) is 11.8 Å². The van der Waals surface area contributed by atoms with Crippen molar-refractivity contribution in [2.75, 3.05) is 19.6 Å². The van der Waals surface area contributed by atoms with E-state index in [1.54, 1.807) is 18.5 Å². The van der Waals surface area contributed by atoms with E-state index in [4.69, 9.17) is 0 Å². The van der Waals surface area contributed by atoms with Gasteiger partial charge in [-0.05, 0) is 57.1 Å². The third-order valence-corrected chi connectivity index (χ3v) is 6.74. The predicted octanol–water partition coefficient (Wildman–Crippen LogP) is 1.43. The first-order chi connectivity index (χ1) is 13.5. The summed E-state index contributed by atoms with van der Waals surface area (Å²) in [6.07, 6.45) is 6.88. The number of rotatable bonds is 4. The van der Waals surface area contributed by atoms with Crippen molar-refractivity contribution in [3.63, 3.8) is 0 Å². The van der Waals surface area contributed by atoms with Crippen molar-refractivity contribution in [1.82, 2.24) is 25.6 Å². The number of nitrogens with zero attached hydrogens (tertiary/aromatic N) is 3. The minimum atomic E-state index is 0.0325. The van der Waals surface area contributed by atoms with E-state index in [1.807, 2.05) is 11.0 Å². The van der Waals surface area contributed by atoms with Crippen LogP contribution in [0.4, 0.5) is 0 Å². The topological polar surface area (TPSA) is 77.6 Å². The summed E-state index contributed by atoms with van der Waals surface area (Å²) in [7, 11) is 0. The fraction of sp³-hybridized carbons (Fsp3) is 0.667. The molecule has 2 bridgehead atoms. The second kappa shape index (κ2) is 8.17. The molecule has 4 aliphatic rings. The maximum Gasteiger partial charge on any atom is 0.255 e. The fourth-order valence-electron chi connectivity index (χ4n) is 5.07. The highest BCUT2D eigenvalue weighted by Crippen LogP contribution is 2.30. The van der Waals surface area contributed by atoms with E-state index in [0.29, 0.717) is 42.4 Å². The first kappa shape index (κ1) is 19.3. The molecule has 4 fully saturated rings. The summed E-state index contributed by atoms with van der Waals surface area (Å²) in [5.41, 5.74) is 7.17. The van der Waals surface area contributed by atoms with Crippen LogP contribution in [-0.2, 0) is 4.79 Å². The molecule has 1 aromatic heterocycles. The lowest BCUT2D eigenvalue weighted by Gasteiger charge is -2.36. The highest BCUT2D eigenvalue weighted by Gasteiger charge is 2.39. The van der Waals surface area contributed by atoms with Crippen LogP contribution in [0.2, 0.25) is 0 Å². The van der Waals surface area contributed by atoms with Crippen LogP contribution in [0.1, 0.15) is 49.9 Å². The van der Waals surface area contributed by atoms with E-state index in [-0.39, 0.29) is 17.9 Å². The van der Waals surface area contributed by atoms with Crippen LogP contribution in [0.3, 0.4) is 0 Å². The average Bonchev–Trinajstić information content (AvgIpc) is 2.90. The van der Waals surface area contributed by atoms with Crippen molar-refractivity contribution >= 4 is 11.8 Å². The summed E-state index contributed by atoms with van der Waals surface area (Å²) >= 11 is 0. The van der Waals surface area contributed by atoms with Gasteiger partial charge in [-0.2, -0.15) is 0 Å². The molecule has 0 saturated carbocycles. The minimum absolute atomic E-state index is 0.0325. The Morgan fingerprint density at radius 2 is 1.93 bits per heavy atom. The molecule has 4 atom stereocenters. The van der Waals surface area contributed by atoms with Crippen LogP contribution in [0.5, 0.6) is 0 Å². The molecular weight excluding hydrogens is 354 g/mol. The number of piperidine rings is 1. The van der Waals surface area contributed by atoms with Crippen molar-refractivity contribution in [1.29, 1.82) is 0 Å². The number of aromatic nitrogens is 1. The molecule has 0 radical (unpaired) electrons. The van der Waals surface area contributed by atoms with Crippen LogP contribution >= 0.6 is 0 Å². The Morgan fingerprint density at radius 1 is 1.14 bits per heavy atom. The Hall–Kier alpha value is -1.99. The Labute approximate surface area is 166 Å². The fourth-order valence-corrected chi connectivity index (χ4v) is 5.07. The van der Waals surface area contributed by atoms with Gasteiger partial charge in [0.15, 0.2) is 0 Å². The number of pyridine rings is 1. The molecule has 7 nitrogen and oxygen atoms in total. The Morgan fingerprint density at radius 3 is 2.64 bits per heavy atom. The zero-order valence-electron chi connectivity index (χ0n) is 16.8. The molecule has 5 heterocycles. The van der Waals surface area contributed by atoms with E-state index < -0.39 is 0 Å². The van der Waals surface area contributed by atoms with Crippen molar-refractivity contribution < 1.29 is 9.59 Å². The number of amides is 2. The summed E-state index contributed by atoms with van der Waals surface area (Å²) in [5, 5.41) is 0. The zero-order valence-corrected chi connectivity index (χ0v) is 16.8. The van der Waals surface area contributed by atoms with Crippen LogP contribution in [0.25, 0.3) is 0 Å². The standard InChI is InChI=1S/C21H31N5O2/c1-14-19(15(2)24-23-14)7-8-20(27)26-12-16-5-6-18(26)13-25(11-16)21(28)17-4-3-9-22-10-17/h3-4,9-10,14-16,18-19,23-24H,5-8,11-13H2,1-2H3/t14?,15?,16-,18+,19?/m0/s1. The number of carbonyl (C=O) groups is 2. The van der Waals surface area contributed by atoms with Gasteiger partial charge in [0.2, 0.25) is 5.91 Å². The van der Waals surface area contributed by atoms with E-state index in [9.17, 15) is 9.59 Å². The zero-order chi connectivity index (χ0) is 19.7. The molecular formula is C21H31N5O2. The van der Waals surface area contributed by atoms with E-state index in [0.717, 1.165) is 32.4 Å². The number of hydrogen-bond donors (Lipinski definition) is 2. The van der Waals surface area contributed by atoms with Crippen LogP contribution in [-0.4, -0.2) is 64.4 Å². The normalized spacial score (nSPS) is 32.4. The molecule has 2 unspecified atom stereocenters. The van der Waals surface area contributed by atoms with Gasteiger partial charge >= 0.3 is 0 Å². The maximum atomic E-state index is 13.0. The lowest BCUT2D eigenvalue weighted by atomic mass is 9.90. The second-order valence-electron chi connectivity index (χ2n) is 8.66. The highest BCUT2D eigenvalue weighted by atomic mass is 16.2. The Bertz CT molecular complexity index is 702. The van der Waals surface area contributed by atoms with Gasteiger partial charge in [0.25, 0.3) is 5.91 Å². The number of fused-ring (bicyclic) bond motifs is 4. The van der Waals surface area contributed by atoms with Crippen LogP contribution < -0.4 is 10.9 Å². The van der Waals surface area contributed by atoms with Gasteiger partial charge < -0.3 is 9.80 Å². The Kier molecular flexibility index (Phi) is 5.64. The summed E-state index contributed by atoms with van der Waals surface area (Å²) in [4.78, 5) is 34.0. The highest BCUT2D eigenvalue weighted by molar-refractivity contribution is 5.94. The first-order valence-corrected chi connectivity index (χ1v) is 10.5. The lowest BCUT2D eigenvalue weighted by molar-refractivity contribution is -0.135. The van der Waals surface area contributed by atoms with Crippen molar-refractivity contribution in [2.24, 2.45) is 11.8 Å². The SMILES string of the molecule is CC1NNC(C)C1CCC(=O)N1C[C@H]2CC[C@@H]1CN(C(=O)c1cccnc1)C2. The predicted molar refractivity (Wildman–Crippen MR) is 106 cm³/mol. The van der Waals surface area contributed by atoms with Gasteiger partial charge in [-0.1, -0.05) is 0 Å². The van der Waals surface area contributed by atoms with Crippen molar-refractivity contribution in [3.05, 3.63) is 30.1 Å². The molecule has 28 heavy (non-hydrogen) atoms. The smallest absolute Gasteiger partial charge is 0.255 e. The Balaban J connectivity index is 1.39. The number of carbonyl (C=O) groups excluding carboxylic acids is 2. The number of nitrogens with one attached hydrogen (secondary N) is 2. The van der Waals surface area contributed by atoms with E-state index in [2.05, 4.69) is 34.6 Å². The molecule has 7 heteroatoms. The third-order valence-electron chi connectivity index (χ3n) is 6.74. The largest absolute Gasteiger partial charge is 0.338 e. The monoisotopic (exact) mass is 385 g/mol. The average molecular weight is 386 g/mol. The minimum Gasteiger partial charge on any atom is -0.338 e. The molecule has 2 N–H and O–H groups in total.